The number of aromatic amines is 1. The zero-order chi connectivity index (χ0) is 15.2. The number of hydrazone groups is 1. The SMILES string of the molecule is C=CC(=NNC(=O)OC)c1nc(-c2ccccc2)[nH]c1I. The monoisotopic (exact) mass is 396 g/mol. The molecule has 21 heavy (non-hydrogen) atoms. The lowest BCUT2D eigenvalue weighted by Crippen LogP contribution is -2.19. The number of hydrogen-bond donors (Lipinski definition) is 2. The van der Waals surface area contributed by atoms with Gasteiger partial charge < -0.3 is 9.72 Å². The van der Waals surface area contributed by atoms with E-state index in [0.717, 1.165) is 15.1 Å². The molecule has 0 fully saturated rings. The van der Waals surface area contributed by atoms with Crippen LogP contribution in [0.5, 0.6) is 0 Å². The number of aromatic nitrogens is 2. The highest BCUT2D eigenvalue weighted by atomic mass is 127. The standard InChI is InChI=1S/C14H13IN4O2/c1-3-10(18-19-14(20)21-2)11-12(15)17-13(16-11)9-7-5-4-6-8-9/h3-8H,1H2,2H3,(H,16,17)(H,19,20). The van der Waals surface area contributed by atoms with Crippen molar-refractivity contribution in [3.8, 4) is 11.4 Å². The first-order valence-corrected chi connectivity index (χ1v) is 7.09. The maximum absolute atomic E-state index is 11.1. The fourth-order valence-electron chi connectivity index (χ4n) is 1.60. The molecule has 0 spiro atoms. The number of rotatable bonds is 4. The van der Waals surface area contributed by atoms with Crippen molar-refractivity contribution in [1.29, 1.82) is 0 Å². The number of amides is 1. The van der Waals surface area contributed by atoms with Crippen molar-refractivity contribution in [2.45, 2.75) is 0 Å². The second-order valence-electron chi connectivity index (χ2n) is 3.92. The van der Waals surface area contributed by atoms with Crippen molar-refractivity contribution in [3.63, 3.8) is 0 Å². The number of halogens is 1. The normalized spacial score (nSPS) is 11.0. The maximum atomic E-state index is 11.1. The van der Waals surface area contributed by atoms with Gasteiger partial charge in [-0.25, -0.2) is 15.2 Å². The Labute approximate surface area is 135 Å². The molecule has 1 aromatic heterocycles. The van der Waals surface area contributed by atoms with Crippen LogP contribution in [0.1, 0.15) is 5.69 Å². The van der Waals surface area contributed by atoms with Crippen LogP contribution in [0.4, 0.5) is 4.79 Å². The van der Waals surface area contributed by atoms with E-state index < -0.39 is 6.09 Å². The van der Waals surface area contributed by atoms with Gasteiger partial charge in [0, 0.05) is 5.56 Å². The molecular weight excluding hydrogens is 383 g/mol. The first-order chi connectivity index (χ1) is 10.2. The average Bonchev–Trinajstić information content (AvgIpc) is 2.90. The third-order valence-corrected chi connectivity index (χ3v) is 3.38. The average molecular weight is 396 g/mol. The minimum Gasteiger partial charge on any atom is -0.452 e. The predicted octanol–water partition coefficient (Wildman–Crippen LogP) is 2.93. The molecule has 0 aliphatic heterocycles. The van der Waals surface area contributed by atoms with Crippen molar-refractivity contribution >= 4 is 34.4 Å². The Hall–Kier alpha value is -2.16. The number of ether oxygens (including phenoxy) is 1. The number of nitrogens with one attached hydrogen (secondary N) is 2. The molecule has 0 aliphatic carbocycles. The number of H-pyrrole nitrogens is 1. The number of carbonyl (C=O) groups is 1. The second kappa shape index (κ2) is 7.02. The number of hydrogen-bond acceptors (Lipinski definition) is 4. The molecule has 108 valence electrons. The van der Waals surface area contributed by atoms with Gasteiger partial charge in [-0.05, 0) is 28.7 Å². The molecule has 7 heteroatoms. The number of allylic oxidation sites excluding steroid dienone is 1. The smallest absolute Gasteiger partial charge is 0.427 e. The fraction of sp³-hybridized carbons (Fsp3) is 0.0714. The van der Waals surface area contributed by atoms with E-state index in [4.69, 9.17) is 0 Å². The molecular formula is C14H13IN4O2. The van der Waals surface area contributed by atoms with Gasteiger partial charge in [0.1, 0.15) is 20.9 Å². The molecule has 6 nitrogen and oxygen atoms in total. The quantitative estimate of drug-likeness (QED) is 0.474. The van der Waals surface area contributed by atoms with Gasteiger partial charge in [0.05, 0.1) is 7.11 Å². The third-order valence-electron chi connectivity index (χ3n) is 2.60. The van der Waals surface area contributed by atoms with Crippen LogP contribution in [0.15, 0.2) is 48.1 Å². The summed E-state index contributed by atoms with van der Waals surface area (Å²) in [5.74, 6) is 0.725. The van der Waals surface area contributed by atoms with E-state index in [2.05, 4.69) is 54.4 Å². The van der Waals surface area contributed by atoms with E-state index >= 15 is 0 Å². The Balaban J connectivity index is 2.33. The highest BCUT2D eigenvalue weighted by molar-refractivity contribution is 14.1. The molecule has 1 aromatic carbocycles. The van der Waals surface area contributed by atoms with Crippen LogP contribution < -0.4 is 5.43 Å². The second-order valence-corrected chi connectivity index (χ2v) is 5.00. The Morgan fingerprint density at radius 3 is 2.81 bits per heavy atom. The number of methoxy groups -OCH3 is 1. The van der Waals surface area contributed by atoms with Gasteiger partial charge in [0.15, 0.2) is 0 Å². The van der Waals surface area contributed by atoms with E-state index in [0.29, 0.717) is 11.4 Å². The first-order valence-electron chi connectivity index (χ1n) is 6.01. The molecule has 2 N–H and O–H groups in total. The van der Waals surface area contributed by atoms with Crippen LogP contribution in [-0.4, -0.2) is 28.9 Å². The van der Waals surface area contributed by atoms with Crippen molar-refractivity contribution < 1.29 is 9.53 Å². The Bertz CT molecular complexity index is 680. The lowest BCUT2D eigenvalue weighted by atomic mass is 10.2. The third kappa shape index (κ3) is 3.69. The molecule has 0 saturated heterocycles. The summed E-state index contributed by atoms with van der Waals surface area (Å²) in [7, 11) is 1.27. The first kappa shape index (κ1) is 15.2. The number of benzene rings is 1. The lowest BCUT2D eigenvalue weighted by molar-refractivity contribution is 0.171. The lowest BCUT2D eigenvalue weighted by Gasteiger charge is -1.99. The van der Waals surface area contributed by atoms with Gasteiger partial charge in [0.2, 0.25) is 0 Å². The molecule has 2 rings (SSSR count). The topological polar surface area (TPSA) is 79.4 Å². The highest BCUT2D eigenvalue weighted by Gasteiger charge is 2.13. The van der Waals surface area contributed by atoms with Crippen molar-refractivity contribution in [2.24, 2.45) is 5.10 Å². The summed E-state index contributed by atoms with van der Waals surface area (Å²) in [5.41, 5.74) is 4.28. The van der Waals surface area contributed by atoms with Crippen molar-refractivity contribution in [1.82, 2.24) is 15.4 Å². The summed E-state index contributed by atoms with van der Waals surface area (Å²) < 4.78 is 5.27. The molecule has 0 unspecified atom stereocenters. The zero-order valence-corrected chi connectivity index (χ0v) is 13.4. The van der Waals surface area contributed by atoms with Gasteiger partial charge >= 0.3 is 6.09 Å². The van der Waals surface area contributed by atoms with Gasteiger partial charge in [-0.3, -0.25) is 0 Å². The zero-order valence-electron chi connectivity index (χ0n) is 11.3. The van der Waals surface area contributed by atoms with Gasteiger partial charge in [-0.15, -0.1) is 0 Å². The highest BCUT2D eigenvalue weighted by Crippen LogP contribution is 2.19. The molecule has 1 heterocycles. The summed E-state index contributed by atoms with van der Waals surface area (Å²) in [6.07, 6.45) is 0.867. The van der Waals surface area contributed by atoms with Gasteiger partial charge in [-0.2, -0.15) is 5.10 Å². The minimum absolute atomic E-state index is 0.447. The summed E-state index contributed by atoms with van der Waals surface area (Å²) in [5, 5.41) is 3.94. The number of imidazole rings is 1. The molecule has 1 amide bonds. The van der Waals surface area contributed by atoms with E-state index in [1.165, 1.54) is 13.2 Å². The van der Waals surface area contributed by atoms with E-state index in [9.17, 15) is 4.79 Å². The molecule has 0 radical (unpaired) electrons. The van der Waals surface area contributed by atoms with E-state index in [1.807, 2.05) is 30.3 Å². The summed E-state index contributed by atoms with van der Waals surface area (Å²) in [6, 6.07) is 9.72. The summed E-state index contributed by atoms with van der Waals surface area (Å²) >= 11 is 2.12. The van der Waals surface area contributed by atoms with Crippen LogP contribution in [0.25, 0.3) is 11.4 Å². The Kier molecular flexibility index (Phi) is 5.09. The van der Waals surface area contributed by atoms with Crippen LogP contribution in [0, 0.1) is 3.70 Å². The molecule has 0 bridgehead atoms. The summed E-state index contributed by atoms with van der Waals surface area (Å²) in [4.78, 5) is 18.7. The molecule has 2 aromatic rings. The van der Waals surface area contributed by atoms with E-state index in [-0.39, 0.29) is 0 Å². The summed E-state index contributed by atoms with van der Waals surface area (Å²) in [6.45, 7) is 3.68. The molecule has 0 atom stereocenters. The van der Waals surface area contributed by atoms with Crippen molar-refractivity contribution in [3.05, 3.63) is 52.4 Å². The number of carbonyl (C=O) groups excluding carboxylic acids is 1. The molecule has 0 saturated carbocycles. The molecule has 0 aliphatic rings. The minimum atomic E-state index is -0.650. The maximum Gasteiger partial charge on any atom is 0.427 e. The van der Waals surface area contributed by atoms with Crippen LogP contribution >= 0.6 is 22.6 Å². The van der Waals surface area contributed by atoms with Gasteiger partial charge in [-0.1, -0.05) is 36.9 Å². The van der Waals surface area contributed by atoms with Gasteiger partial charge in [0.25, 0.3) is 0 Å². The van der Waals surface area contributed by atoms with Crippen LogP contribution in [0.3, 0.4) is 0 Å². The Morgan fingerprint density at radius 1 is 1.48 bits per heavy atom. The van der Waals surface area contributed by atoms with Crippen molar-refractivity contribution in [2.75, 3.05) is 7.11 Å². The largest absolute Gasteiger partial charge is 0.452 e. The van der Waals surface area contributed by atoms with Crippen LogP contribution in [0.2, 0.25) is 0 Å². The number of nitrogens with zero attached hydrogens (tertiary/aromatic N) is 2. The van der Waals surface area contributed by atoms with Crippen LogP contribution in [-0.2, 0) is 4.74 Å². The Morgan fingerprint density at radius 2 is 2.19 bits per heavy atom. The van der Waals surface area contributed by atoms with E-state index in [1.54, 1.807) is 0 Å². The predicted molar refractivity (Wildman–Crippen MR) is 89.0 cm³/mol. The fourth-order valence-corrected chi connectivity index (χ4v) is 2.25.